The highest BCUT2D eigenvalue weighted by Crippen LogP contribution is 2.59. The topological polar surface area (TPSA) is 47.1 Å². The monoisotopic (exact) mass is 486 g/mol. The molecule has 30 heavy (non-hydrogen) atoms. The van der Waals surface area contributed by atoms with Gasteiger partial charge in [0, 0.05) is 35.8 Å². The lowest BCUT2D eigenvalue weighted by molar-refractivity contribution is 0.299. The number of likely N-dealkylation sites (tertiary alicyclic amines) is 1. The van der Waals surface area contributed by atoms with Crippen molar-refractivity contribution < 1.29 is 4.42 Å². The van der Waals surface area contributed by atoms with Crippen LogP contribution in [-0.4, -0.2) is 45.1 Å². The van der Waals surface area contributed by atoms with E-state index in [0.717, 1.165) is 50.8 Å². The number of aryl methyl sites for hydroxylation is 2. The Hall–Kier alpha value is -1.57. The third kappa shape index (κ3) is 3.65. The van der Waals surface area contributed by atoms with Crippen LogP contribution in [0, 0.1) is 19.8 Å². The Morgan fingerprint density at radius 3 is 2.77 bits per heavy atom. The van der Waals surface area contributed by atoms with Gasteiger partial charge in [-0.25, -0.2) is 0 Å². The van der Waals surface area contributed by atoms with Crippen molar-refractivity contribution in [2.45, 2.75) is 37.3 Å². The van der Waals surface area contributed by atoms with Crippen LogP contribution in [0.3, 0.4) is 0 Å². The van der Waals surface area contributed by atoms with Gasteiger partial charge in [0.15, 0.2) is 11.0 Å². The quantitative estimate of drug-likeness (QED) is 0.338. The summed E-state index contributed by atoms with van der Waals surface area (Å²) < 4.78 is 8.89. The Bertz CT molecular complexity index is 1060. The number of thioether (sulfide) groups is 1. The van der Waals surface area contributed by atoms with Crippen molar-refractivity contribution in [2.24, 2.45) is 13.0 Å². The Kier molecular flexibility index (Phi) is 5.32. The smallest absolute Gasteiger partial charge is 0.191 e. The fourth-order valence-electron chi connectivity index (χ4n) is 4.97. The first-order chi connectivity index (χ1) is 14.5. The van der Waals surface area contributed by atoms with Gasteiger partial charge in [0.2, 0.25) is 0 Å². The lowest BCUT2D eigenvalue weighted by Gasteiger charge is -2.21. The Labute approximate surface area is 190 Å². The predicted molar refractivity (Wildman–Crippen MR) is 124 cm³/mol. The van der Waals surface area contributed by atoms with Crippen LogP contribution in [0.25, 0.3) is 11.4 Å². The largest absolute Gasteiger partial charge is 0.466 e. The molecule has 0 amide bonds. The molecule has 1 saturated carbocycles. The van der Waals surface area contributed by atoms with Gasteiger partial charge in [-0.2, -0.15) is 0 Å². The highest BCUT2D eigenvalue weighted by Gasteiger charge is 2.60. The zero-order valence-electron chi connectivity index (χ0n) is 17.7. The van der Waals surface area contributed by atoms with Crippen LogP contribution >= 0.6 is 27.7 Å². The maximum absolute atomic E-state index is 5.65. The average molecular weight is 487 g/mol. The van der Waals surface area contributed by atoms with Gasteiger partial charge >= 0.3 is 0 Å². The lowest BCUT2D eigenvalue weighted by atomic mass is 9.95. The van der Waals surface area contributed by atoms with E-state index in [0.29, 0.717) is 5.41 Å². The number of hydrogen-bond donors (Lipinski definition) is 0. The molecular weight excluding hydrogens is 460 g/mol. The molecule has 3 heterocycles. The number of aromatic nitrogens is 3. The Morgan fingerprint density at radius 2 is 2.03 bits per heavy atom. The zero-order valence-corrected chi connectivity index (χ0v) is 20.1. The van der Waals surface area contributed by atoms with Crippen LogP contribution in [0.4, 0.5) is 0 Å². The molecule has 0 radical (unpaired) electrons. The lowest BCUT2D eigenvalue weighted by Crippen LogP contribution is -2.27. The zero-order chi connectivity index (χ0) is 20.9. The van der Waals surface area contributed by atoms with Crippen LogP contribution in [0.5, 0.6) is 0 Å². The summed E-state index contributed by atoms with van der Waals surface area (Å²) in [7, 11) is 2.04. The average Bonchev–Trinajstić information content (AvgIpc) is 2.97. The number of piperidine rings is 1. The number of furan rings is 1. The molecule has 2 aliphatic rings. The number of rotatable bonds is 7. The summed E-state index contributed by atoms with van der Waals surface area (Å²) in [4.78, 5) is 2.65. The van der Waals surface area contributed by atoms with Gasteiger partial charge in [-0.05, 0) is 62.9 Å². The fourth-order valence-corrected chi connectivity index (χ4v) is 6.06. The highest BCUT2D eigenvalue weighted by molar-refractivity contribution is 9.10. The van der Waals surface area contributed by atoms with Crippen molar-refractivity contribution in [3.05, 3.63) is 51.9 Å². The maximum Gasteiger partial charge on any atom is 0.191 e. The van der Waals surface area contributed by atoms with Gasteiger partial charge in [0.25, 0.3) is 0 Å². The second-order valence-electron chi connectivity index (χ2n) is 8.69. The highest BCUT2D eigenvalue weighted by atomic mass is 79.9. The van der Waals surface area contributed by atoms with Gasteiger partial charge < -0.3 is 13.9 Å². The summed E-state index contributed by atoms with van der Waals surface area (Å²) in [6, 6.07) is 11.0. The Balaban J connectivity index is 1.13. The molecule has 2 fully saturated rings. The van der Waals surface area contributed by atoms with Gasteiger partial charge in [-0.3, -0.25) is 0 Å². The minimum Gasteiger partial charge on any atom is -0.466 e. The summed E-state index contributed by atoms with van der Waals surface area (Å²) in [5.41, 5.74) is 2.97. The predicted octanol–water partition coefficient (Wildman–Crippen LogP) is 5.21. The molecular formula is C23H27BrN4OS. The normalized spacial score (nSPS) is 23.1. The SMILES string of the molecule is Cc1cc(-c2nnc(SCCCN3C[C@@H]4C[C@]4(c4ccc(Br)cc4)C3)n2C)c(C)o1. The molecule has 0 N–H and O–H groups in total. The van der Waals surface area contributed by atoms with Gasteiger partial charge in [0.05, 0.1) is 5.56 Å². The third-order valence-electron chi connectivity index (χ3n) is 6.60. The number of halogens is 1. The molecule has 2 atom stereocenters. The van der Waals surface area contributed by atoms with E-state index in [1.165, 1.54) is 31.5 Å². The van der Waals surface area contributed by atoms with Gasteiger partial charge in [0.1, 0.15) is 11.5 Å². The van der Waals surface area contributed by atoms with Crippen molar-refractivity contribution in [3.8, 4) is 11.4 Å². The molecule has 1 aliphatic carbocycles. The molecule has 1 aromatic carbocycles. The molecule has 1 saturated heterocycles. The van der Waals surface area contributed by atoms with E-state index in [4.69, 9.17) is 4.42 Å². The molecule has 0 bridgehead atoms. The number of benzene rings is 1. The molecule has 7 heteroatoms. The summed E-state index contributed by atoms with van der Waals surface area (Å²) >= 11 is 5.35. The van der Waals surface area contributed by atoms with E-state index in [1.54, 1.807) is 11.8 Å². The minimum atomic E-state index is 0.424. The number of hydrogen-bond acceptors (Lipinski definition) is 5. The molecule has 5 rings (SSSR count). The summed E-state index contributed by atoms with van der Waals surface area (Å²) in [6.45, 7) is 7.55. The van der Waals surface area contributed by atoms with Crippen molar-refractivity contribution in [2.75, 3.05) is 25.4 Å². The second-order valence-corrected chi connectivity index (χ2v) is 10.7. The first-order valence-corrected chi connectivity index (χ1v) is 12.3. The fraction of sp³-hybridized carbons (Fsp3) is 0.478. The molecule has 3 aromatic rings. The second kappa shape index (κ2) is 7.84. The van der Waals surface area contributed by atoms with Gasteiger partial charge in [-0.1, -0.05) is 39.8 Å². The molecule has 0 unspecified atom stereocenters. The molecule has 1 aliphatic heterocycles. The minimum absolute atomic E-state index is 0.424. The van der Waals surface area contributed by atoms with Crippen LogP contribution in [0.15, 0.2) is 44.4 Å². The molecule has 2 aromatic heterocycles. The third-order valence-corrected chi connectivity index (χ3v) is 8.24. The van der Waals surface area contributed by atoms with E-state index in [2.05, 4.69) is 59.9 Å². The molecule has 5 nitrogen and oxygen atoms in total. The number of fused-ring (bicyclic) bond motifs is 1. The van der Waals surface area contributed by atoms with Crippen LogP contribution in [-0.2, 0) is 12.5 Å². The first kappa shape index (κ1) is 20.3. The van der Waals surface area contributed by atoms with Crippen molar-refractivity contribution in [3.63, 3.8) is 0 Å². The summed E-state index contributed by atoms with van der Waals surface area (Å²) in [6.07, 6.45) is 2.52. The van der Waals surface area contributed by atoms with E-state index < -0.39 is 0 Å². The summed E-state index contributed by atoms with van der Waals surface area (Å²) in [5, 5.41) is 9.78. The first-order valence-electron chi connectivity index (χ1n) is 10.5. The van der Waals surface area contributed by atoms with Crippen molar-refractivity contribution >= 4 is 27.7 Å². The van der Waals surface area contributed by atoms with E-state index in [9.17, 15) is 0 Å². The summed E-state index contributed by atoms with van der Waals surface area (Å²) in [5.74, 6) is 4.58. The molecule has 158 valence electrons. The standard InChI is InChI=1S/C23H27BrN4OS/c1-15-11-20(16(2)29-15)21-25-26-22(27(21)3)30-10-4-9-28-13-18-12-23(18,14-28)17-5-7-19(24)8-6-17/h5-8,11,18H,4,9-10,12-14H2,1-3H3/t18-,23+/m0/s1. The number of nitrogens with zero attached hydrogens (tertiary/aromatic N) is 4. The van der Waals surface area contributed by atoms with Crippen LogP contribution in [0.1, 0.15) is 29.9 Å². The van der Waals surface area contributed by atoms with E-state index >= 15 is 0 Å². The van der Waals surface area contributed by atoms with E-state index in [1.807, 2.05) is 27.0 Å². The maximum atomic E-state index is 5.65. The van der Waals surface area contributed by atoms with Gasteiger partial charge in [-0.15, -0.1) is 10.2 Å². The van der Waals surface area contributed by atoms with E-state index in [-0.39, 0.29) is 0 Å². The Morgan fingerprint density at radius 1 is 1.23 bits per heavy atom. The van der Waals surface area contributed by atoms with Crippen LogP contribution in [0.2, 0.25) is 0 Å². The van der Waals surface area contributed by atoms with Crippen molar-refractivity contribution in [1.29, 1.82) is 0 Å². The van der Waals surface area contributed by atoms with Crippen molar-refractivity contribution in [1.82, 2.24) is 19.7 Å². The van der Waals surface area contributed by atoms with Crippen LogP contribution < -0.4 is 0 Å². The molecule has 0 spiro atoms.